The van der Waals surface area contributed by atoms with E-state index in [0.29, 0.717) is 20.4 Å². The average molecular weight is 528 g/mol. The fourth-order valence-electron chi connectivity index (χ4n) is 3.41. The zero-order valence-electron chi connectivity index (χ0n) is 18.1. The minimum atomic E-state index is -1.29. The van der Waals surface area contributed by atoms with E-state index >= 15 is 0 Å². The normalized spacial score (nSPS) is 11.5. The Morgan fingerprint density at radius 3 is 2.27 bits per heavy atom. The summed E-state index contributed by atoms with van der Waals surface area (Å²) in [7, 11) is 0. The van der Waals surface area contributed by atoms with Crippen LogP contribution in [0.25, 0.3) is 27.8 Å². The van der Waals surface area contributed by atoms with Crippen molar-refractivity contribution in [3.8, 4) is 22.7 Å². The highest BCUT2D eigenvalue weighted by molar-refractivity contribution is 9.10. The van der Waals surface area contributed by atoms with Crippen LogP contribution in [0.3, 0.4) is 0 Å². The predicted molar refractivity (Wildman–Crippen MR) is 131 cm³/mol. The minimum Gasteiger partial charge on any atom is -0.476 e. The van der Waals surface area contributed by atoms with E-state index < -0.39 is 17.4 Å². The largest absolute Gasteiger partial charge is 0.476 e. The number of carboxylic acids is 1. The predicted octanol–water partition coefficient (Wildman–Crippen LogP) is 6.76. The molecule has 0 saturated heterocycles. The molecule has 0 fully saturated rings. The molecule has 0 aliphatic rings. The number of benzene rings is 2. The summed E-state index contributed by atoms with van der Waals surface area (Å²) in [5.41, 5.74) is 1.80. The number of nitrogens with zero attached hydrogens (tertiary/aromatic N) is 2. The van der Waals surface area contributed by atoms with Crippen LogP contribution in [0.4, 0.5) is 0 Å². The number of aromatic nitrogens is 2. The number of hydrogen-bond acceptors (Lipinski definition) is 4. The van der Waals surface area contributed by atoms with Gasteiger partial charge in [-0.15, -0.1) is 0 Å². The Hall–Kier alpha value is -3.16. The highest BCUT2D eigenvalue weighted by atomic mass is 79.9. The van der Waals surface area contributed by atoms with Gasteiger partial charge in [0.05, 0.1) is 32.7 Å². The van der Waals surface area contributed by atoms with Gasteiger partial charge >= 0.3 is 11.9 Å². The summed E-state index contributed by atoms with van der Waals surface area (Å²) in [4.78, 5) is 28.9. The van der Waals surface area contributed by atoms with Crippen LogP contribution < -0.4 is 4.74 Å². The Balaban J connectivity index is 2.12. The Morgan fingerprint density at radius 2 is 1.70 bits per heavy atom. The van der Waals surface area contributed by atoms with Crippen molar-refractivity contribution in [2.45, 2.75) is 20.8 Å². The van der Waals surface area contributed by atoms with E-state index in [1.54, 1.807) is 32.9 Å². The van der Waals surface area contributed by atoms with E-state index in [0.717, 1.165) is 16.9 Å². The molecule has 8 heteroatoms. The molecule has 2 heterocycles. The molecule has 0 saturated carbocycles. The van der Waals surface area contributed by atoms with Gasteiger partial charge in [0.2, 0.25) is 0 Å². The number of halogens is 2. The molecule has 0 spiro atoms. The highest BCUT2D eigenvalue weighted by Gasteiger charge is 2.31. The summed E-state index contributed by atoms with van der Waals surface area (Å²) in [5.74, 6) is -1.95. The molecule has 4 aromatic rings. The van der Waals surface area contributed by atoms with Crippen molar-refractivity contribution in [2.24, 2.45) is 5.41 Å². The number of para-hydroxylation sites is 1. The molecular formula is C25H20BrClN2O4. The summed E-state index contributed by atoms with van der Waals surface area (Å²) in [6.45, 7) is 5.10. The van der Waals surface area contributed by atoms with E-state index in [2.05, 4.69) is 20.9 Å². The summed E-state index contributed by atoms with van der Waals surface area (Å²) in [6, 6.07) is 16.9. The first-order valence-corrected chi connectivity index (χ1v) is 11.3. The number of esters is 1. The van der Waals surface area contributed by atoms with Crippen molar-refractivity contribution in [3.05, 3.63) is 76.0 Å². The number of aromatic carboxylic acids is 1. The van der Waals surface area contributed by atoms with E-state index in [4.69, 9.17) is 16.3 Å². The molecule has 2 aromatic carbocycles. The van der Waals surface area contributed by atoms with Gasteiger partial charge in [-0.25, -0.2) is 9.78 Å². The van der Waals surface area contributed by atoms with Crippen LogP contribution in [-0.2, 0) is 4.79 Å². The maximum Gasteiger partial charge on any atom is 0.358 e. The quantitative estimate of drug-likeness (QED) is 0.297. The van der Waals surface area contributed by atoms with Gasteiger partial charge in [-0.05, 0) is 66.5 Å². The summed E-state index contributed by atoms with van der Waals surface area (Å²) in [5, 5.41) is 10.8. The molecule has 0 amide bonds. The van der Waals surface area contributed by atoms with Crippen LogP contribution in [0.5, 0.6) is 5.75 Å². The van der Waals surface area contributed by atoms with Crippen molar-refractivity contribution < 1.29 is 19.4 Å². The van der Waals surface area contributed by atoms with Crippen LogP contribution in [0.15, 0.2) is 65.3 Å². The van der Waals surface area contributed by atoms with Crippen molar-refractivity contribution in [1.29, 1.82) is 0 Å². The Bertz CT molecular complexity index is 1370. The van der Waals surface area contributed by atoms with Gasteiger partial charge in [0, 0.05) is 10.7 Å². The number of rotatable bonds is 4. The van der Waals surface area contributed by atoms with Gasteiger partial charge in [-0.3, -0.25) is 4.79 Å². The maximum absolute atomic E-state index is 12.8. The summed E-state index contributed by atoms with van der Waals surface area (Å²) in [6.07, 6.45) is 1.48. The molecule has 0 atom stereocenters. The monoisotopic (exact) mass is 526 g/mol. The SMILES string of the molecule is CC(C)(C)C(=O)Oc1c(C(=O)O)ncc2c1c(Br)c(-c1ccc(Cl)cc1)n2-c1ccccc1. The second-order valence-electron chi connectivity index (χ2n) is 8.48. The molecule has 0 aliphatic heterocycles. The van der Waals surface area contributed by atoms with E-state index in [9.17, 15) is 14.7 Å². The van der Waals surface area contributed by atoms with E-state index in [-0.39, 0.29) is 11.4 Å². The van der Waals surface area contributed by atoms with Gasteiger partial charge in [0.25, 0.3) is 0 Å². The van der Waals surface area contributed by atoms with Gasteiger partial charge in [0.15, 0.2) is 11.4 Å². The Morgan fingerprint density at radius 1 is 1.06 bits per heavy atom. The Labute approximate surface area is 203 Å². The molecule has 33 heavy (non-hydrogen) atoms. The lowest BCUT2D eigenvalue weighted by Crippen LogP contribution is -2.26. The number of hydrogen-bond donors (Lipinski definition) is 1. The smallest absolute Gasteiger partial charge is 0.358 e. The molecule has 2 aromatic heterocycles. The van der Waals surface area contributed by atoms with Crippen LogP contribution in [-0.4, -0.2) is 26.6 Å². The first-order chi connectivity index (χ1) is 15.6. The van der Waals surface area contributed by atoms with Crippen LogP contribution >= 0.6 is 27.5 Å². The fourth-order valence-corrected chi connectivity index (χ4v) is 4.32. The standard InChI is InChI=1S/C25H20BrClN2O4/c1-25(2,3)24(32)33-22-18-17(13-28-20(22)23(30)31)29(16-7-5-4-6-8-16)21(19(18)26)14-9-11-15(27)12-10-14/h4-13H,1-3H3,(H,30,31). The van der Waals surface area contributed by atoms with Gasteiger partial charge in [0.1, 0.15) is 0 Å². The summed E-state index contributed by atoms with van der Waals surface area (Å²) >= 11 is 9.77. The molecule has 6 nitrogen and oxygen atoms in total. The van der Waals surface area contributed by atoms with Crippen molar-refractivity contribution in [3.63, 3.8) is 0 Å². The molecule has 168 valence electrons. The molecular weight excluding hydrogens is 508 g/mol. The van der Waals surface area contributed by atoms with Crippen LogP contribution in [0, 0.1) is 5.41 Å². The third-order valence-electron chi connectivity index (χ3n) is 5.05. The second-order valence-corrected chi connectivity index (χ2v) is 9.71. The third-order valence-corrected chi connectivity index (χ3v) is 6.07. The molecule has 0 aliphatic carbocycles. The molecule has 0 bridgehead atoms. The van der Waals surface area contributed by atoms with Gasteiger partial charge < -0.3 is 14.4 Å². The Kier molecular flexibility index (Phi) is 6.03. The minimum absolute atomic E-state index is 0.100. The third kappa shape index (κ3) is 4.26. The lowest BCUT2D eigenvalue weighted by molar-refractivity contribution is -0.142. The maximum atomic E-state index is 12.8. The first kappa shape index (κ1) is 23.0. The lowest BCUT2D eigenvalue weighted by atomic mass is 9.97. The van der Waals surface area contributed by atoms with Crippen molar-refractivity contribution in [2.75, 3.05) is 0 Å². The number of carbonyl (C=O) groups excluding carboxylic acids is 1. The van der Waals surface area contributed by atoms with E-state index in [1.807, 2.05) is 47.0 Å². The number of carboxylic acid groups (broad SMARTS) is 1. The van der Waals surface area contributed by atoms with Crippen molar-refractivity contribution in [1.82, 2.24) is 9.55 Å². The zero-order valence-corrected chi connectivity index (χ0v) is 20.4. The topological polar surface area (TPSA) is 81.4 Å². The average Bonchev–Trinajstić information content (AvgIpc) is 3.07. The van der Waals surface area contributed by atoms with Crippen LogP contribution in [0.1, 0.15) is 31.3 Å². The summed E-state index contributed by atoms with van der Waals surface area (Å²) < 4.78 is 8.19. The molecule has 0 radical (unpaired) electrons. The number of carbonyl (C=O) groups is 2. The molecule has 0 unspecified atom stereocenters. The van der Waals surface area contributed by atoms with E-state index in [1.165, 1.54) is 6.20 Å². The lowest BCUT2D eigenvalue weighted by Gasteiger charge is -2.17. The van der Waals surface area contributed by atoms with Gasteiger partial charge in [-0.2, -0.15) is 0 Å². The number of fused-ring (bicyclic) bond motifs is 1. The fraction of sp³-hybridized carbons (Fsp3) is 0.160. The molecule has 4 rings (SSSR count). The first-order valence-electron chi connectivity index (χ1n) is 10.1. The van der Waals surface area contributed by atoms with Gasteiger partial charge in [-0.1, -0.05) is 41.9 Å². The highest BCUT2D eigenvalue weighted by Crippen LogP contribution is 2.45. The number of ether oxygens (including phenoxy) is 1. The zero-order chi connectivity index (χ0) is 23.9. The molecule has 1 N–H and O–H groups in total. The van der Waals surface area contributed by atoms with Crippen molar-refractivity contribution >= 4 is 50.4 Å². The number of pyridine rings is 1. The van der Waals surface area contributed by atoms with Crippen LogP contribution in [0.2, 0.25) is 5.02 Å². The second kappa shape index (κ2) is 8.65.